The van der Waals surface area contributed by atoms with Gasteiger partial charge in [-0.15, -0.1) is 0 Å². The van der Waals surface area contributed by atoms with Gasteiger partial charge in [0.1, 0.15) is 5.75 Å². The molecular weight excluding hydrogens is 354 g/mol. The number of anilines is 1. The van der Waals surface area contributed by atoms with Gasteiger partial charge in [0.15, 0.2) is 5.78 Å². The maximum absolute atomic E-state index is 12.3. The van der Waals surface area contributed by atoms with Gasteiger partial charge in [-0.2, -0.15) is 0 Å². The van der Waals surface area contributed by atoms with Gasteiger partial charge in [0.25, 0.3) is 0 Å². The molecule has 0 spiro atoms. The number of hydrogen-bond acceptors (Lipinski definition) is 4. The highest BCUT2D eigenvalue weighted by Gasteiger charge is 2.17. The predicted octanol–water partition coefficient (Wildman–Crippen LogP) is 3.88. The second kappa shape index (κ2) is 8.97. The smallest absolute Gasteiger partial charge is 0.228 e. The summed E-state index contributed by atoms with van der Waals surface area (Å²) in [6.07, 6.45) is -0.910. The minimum Gasteiger partial charge on any atom is -0.507 e. The zero-order chi connectivity index (χ0) is 19.9. The third-order valence-electron chi connectivity index (χ3n) is 4.37. The summed E-state index contributed by atoms with van der Waals surface area (Å²) in [6.45, 7) is 0. The van der Waals surface area contributed by atoms with Gasteiger partial charge in [-0.05, 0) is 35.4 Å². The Hall–Kier alpha value is -3.44. The normalized spacial score (nSPS) is 11.6. The van der Waals surface area contributed by atoms with Crippen molar-refractivity contribution in [3.05, 3.63) is 95.6 Å². The molecule has 0 fully saturated rings. The van der Waals surface area contributed by atoms with Crippen molar-refractivity contribution in [1.29, 1.82) is 0 Å². The Morgan fingerprint density at radius 3 is 2.18 bits per heavy atom. The molecule has 0 heterocycles. The molecule has 1 unspecified atom stereocenters. The fourth-order valence-electron chi connectivity index (χ4n) is 2.88. The average Bonchev–Trinajstić information content (AvgIpc) is 2.69. The van der Waals surface area contributed by atoms with E-state index >= 15 is 0 Å². The van der Waals surface area contributed by atoms with Crippen molar-refractivity contribution in [2.24, 2.45) is 0 Å². The zero-order valence-corrected chi connectivity index (χ0v) is 15.2. The van der Waals surface area contributed by atoms with Gasteiger partial charge >= 0.3 is 0 Å². The molecule has 3 aromatic carbocycles. The minimum atomic E-state index is -0.987. The molecule has 5 heteroatoms. The average molecular weight is 375 g/mol. The van der Waals surface area contributed by atoms with Crippen molar-refractivity contribution in [3.63, 3.8) is 0 Å². The van der Waals surface area contributed by atoms with Crippen LogP contribution < -0.4 is 5.32 Å². The number of amides is 1. The lowest BCUT2D eigenvalue weighted by Crippen LogP contribution is -2.14. The first-order valence-electron chi connectivity index (χ1n) is 8.96. The Morgan fingerprint density at radius 2 is 1.50 bits per heavy atom. The number of phenols is 1. The van der Waals surface area contributed by atoms with E-state index < -0.39 is 6.10 Å². The number of aliphatic hydroxyl groups is 1. The molecule has 142 valence electrons. The summed E-state index contributed by atoms with van der Waals surface area (Å²) in [5, 5.41) is 22.9. The van der Waals surface area contributed by atoms with Crippen molar-refractivity contribution in [2.45, 2.75) is 18.9 Å². The van der Waals surface area contributed by atoms with Gasteiger partial charge < -0.3 is 15.5 Å². The van der Waals surface area contributed by atoms with Gasteiger partial charge in [-0.1, -0.05) is 54.6 Å². The molecule has 3 rings (SSSR count). The molecule has 0 aliphatic heterocycles. The maximum atomic E-state index is 12.3. The molecule has 28 heavy (non-hydrogen) atoms. The van der Waals surface area contributed by atoms with E-state index in [9.17, 15) is 19.8 Å². The lowest BCUT2D eigenvalue weighted by Gasteiger charge is -2.12. The summed E-state index contributed by atoms with van der Waals surface area (Å²) in [7, 11) is 0. The molecule has 0 saturated carbocycles. The number of rotatable bonds is 7. The first kappa shape index (κ1) is 19.3. The van der Waals surface area contributed by atoms with Crippen molar-refractivity contribution in [3.8, 4) is 5.75 Å². The molecule has 0 saturated heterocycles. The Bertz CT molecular complexity index is 952. The molecule has 3 aromatic rings. The molecule has 3 N–H and O–H groups in total. The second-order valence-corrected chi connectivity index (χ2v) is 6.49. The summed E-state index contributed by atoms with van der Waals surface area (Å²) >= 11 is 0. The van der Waals surface area contributed by atoms with Crippen LogP contribution in [0.15, 0.2) is 78.9 Å². The van der Waals surface area contributed by atoms with Crippen LogP contribution in [0.2, 0.25) is 0 Å². The van der Waals surface area contributed by atoms with Gasteiger partial charge in [0, 0.05) is 12.1 Å². The van der Waals surface area contributed by atoms with Crippen LogP contribution >= 0.6 is 0 Å². The molecule has 1 amide bonds. The van der Waals surface area contributed by atoms with E-state index in [-0.39, 0.29) is 35.8 Å². The number of benzene rings is 3. The van der Waals surface area contributed by atoms with Gasteiger partial charge in [-0.3, -0.25) is 9.59 Å². The van der Waals surface area contributed by atoms with Crippen LogP contribution in [0, 0.1) is 0 Å². The highest BCUT2D eigenvalue weighted by Crippen LogP contribution is 2.23. The third-order valence-corrected chi connectivity index (χ3v) is 4.37. The van der Waals surface area contributed by atoms with Crippen LogP contribution in [0.4, 0.5) is 5.69 Å². The Labute approximate surface area is 163 Å². The van der Waals surface area contributed by atoms with E-state index in [0.717, 1.165) is 11.3 Å². The third kappa shape index (κ3) is 5.05. The first-order chi connectivity index (χ1) is 13.5. The highest BCUT2D eigenvalue weighted by atomic mass is 16.3. The van der Waals surface area contributed by atoms with E-state index in [0.29, 0.717) is 5.56 Å². The summed E-state index contributed by atoms with van der Waals surface area (Å²) < 4.78 is 0. The minimum absolute atomic E-state index is 0.0977. The summed E-state index contributed by atoms with van der Waals surface area (Å²) in [6, 6.07) is 22.4. The topological polar surface area (TPSA) is 86.6 Å². The molecule has 0 radical (unpaired) electrons. The van der Waals surface area contributed by atoms with Crippen LogP contribution in [-0.2, 0) is 11.2 Å². The summed E-state index contributed by atoms with van der Waals surface area (Å²) in [5.41, 5.74) is 2.31. The van der Waals surface area contributed by atoms with Crippen molar-refractivity contribution in [1.82, 2.24) is 0 Å². The SMILES string of the molecule is O=C(Cc1ccc(C(O)CC(=O)c2ccccc2O)cc1)Nc1ccccc1. The predicted molar refractivity (Wildman–Crippen MR) is 107 cm³/mol. The van der Waals surface area contributed by atoms with E-state index in [1.165, 1.54) is 12.1 Å². The van der Waals surface area contributed by atoms with Crippen LogP contribution in [0.3, 0.4) is 0 Å². The van der Waals surface area contributed by atoms with Crippen LogP contribution in [0.25, 0.3) is 0 Å². The number of ketones is 1. The van der Waals surface area contributed by atoms with Crippen LogP contribution in [-0.4, -0.2) is 21.9 Å². The van der Waals surface area contributed by atoms with Crippen molar-refractivity contribution < 1.29 is 19.8 Å². The van der Waals surface area contributed by atoms with E-state index in [2.05, 4.69) is 5.32 Å². The number of phenolic OH excluding ortho intramolecular Hbond substituents is 1. The molecule has 0 bridgehead atoms. The highest BCUT2D eigenvalue weighted by molar-refractivity contribution is 5.98. The fourth-order valence-corrected chi connectivity index (χ4v) is 2.88. The fraction of sp³-hybridized carbons (Fsp3) is 0.130. The van der Waals surface area contributed by atoms with Crippen LogP contribution in [0.1, 0.15) is 34.0 Å². The van der Waals surface area contributed by atoms with Gasteiger partial charge in [0.05, 0.1) is 18.1 Å². The molecule has 0 aromatic heterocycles. The zero-order valence-electron chi connectivity index (χ0n) is 15.2. The van der Waals surface area contributed by atoms with Gasteiger partial charge in [-0.25, -0.2) is 0 Å². The Balaban J connectivity index is 1.58. The summed E-state index contributed by atoms with van der Waals surface area (Å²) in [5.74, 6) is -0.564. The van der Waals surface area contributed by atoms with Crippen LogP contribution in [0.5, 0.6) is 5.75 Å². The lowest BCUT2D eigenvalue weighted by molar-refractivity contribution is -0.115. The molecule has 0 aliphatic rings. The number of nitrogens with one attached hydrogen (secondary N) is 1. The molecular formula is C23H21NO4. The lowest BCUT2D eigenvalue weighted by atomic mass is 9.98. The first-order valence-corrected chi connectivity index (χ1v) is 8.96. The number of para-hydroxylation sites is 2. The monoisotopic (exact) mass is 375 g/mol. The maximum Gasteiger partial charge on any atom is 0.228 e. The number of hydrogen-bond donors (Lipinski definition) is 3. The second-order valence-electron chi connectivity index (χ2n) is 6.49. The molecule has 0 aliphatic carbocycles. The quantitative estimate of drug-likeness (QED) is 0.547. The largest absolute Gasteiger partial charge is 0.507 e. The Morgan fingerprint density at radius 1 is 0.857 bits per heavy atom. The van der Waals surface area contributed by atoms with Gasteiger partial charge in [0.2, 0.25) is 5.91 Å². The number of Topliss-reactive ketones (excluding diaryl/α,β-unsaturated/α-hetero) is 1. The number of carbonyl (C=O) groups is 2. The summed E-state index contributed by atoms with van der Waals surface area (Å²) in [4.78, 5) is 24.4. The number of aliphatic hydroxyl groups excluding tert-OH is 1. The Kier molecular flexibility index (Phi) is 6.19. The van der Waals surface area contributed by atoms with E-state index in [1.807, 2.05) is 30.3 Å². The van der Waals surface area contributed by atoms with E-state index in [4.69, 9.17) is 0 Å². The number of aromatic hydroxyl groups is 1. The number of carbonyl (C=O) groups excluding carboxylic acids is 2. The van der Waals surface area contributed by atoms with E-state index in [1.54, 1.807) is 36.4 Å². The molecule has 1 atom stereocenters. The standard InChI is InChI=1S/C23H21NO4/c25-20-9-5-4-8-19(20)22(27)15-21(26)17-12-10-16(11-13-17)14-23(28)24-18-6-2-1-3-7-18/h1-13,21,25-26H,14-15H2,(H,24,28). The molecule has 5 nitrogen and oxygen atoms in total. The van der Waals surface area contributed by atoms with Crippen molar-refractivity contribution >= 4 is 17.4 Å². The van der Waals surface area contributed by atoms with Crippen molar-refractivity contribution in [2.75, 3.05) is 5.32 Å².